The van der Waals surface area contributed by atoms with Gasteiger partial charge in [0, 0.05) is 56.2 Å². The average Bonchev–Trinajstić information content (AvgIpc) is 3.50. The van der Waals surface area contributed by atoms with Crippen LogP contribution >= 0.6 is 0 Å². The topological polar surface area (TPSA) is 9.72 Å². The number of anilines is 8. The van der Waals surface area contributed by atoms with E-state index in [0.717, 1.165) is 6.42 Å². The Morgan fingerprint density at radius 2 is 1.19 bits per heavy atom. The molecule has 2 atom stereocenters. The van der Waals surface area contributed by atoms with Crippen LogP contribution in [-0.4, -0.2) is 12.3 Å². The predicted octanol–water partition coefficient (Wildman–Crippen LogP) is 15.0. The first-order valence-corrected chi connectivity index (χ1v) is 25.1. The van der Waals surface area contributed by atoms with Gasteiger partial charge in [0.05, 0.1) is 11.2 Å². The van der Waals surface area contributed by atoms with Gasteiger partial charge in [-0.1, -0.05) is 160 Å². The average molecular weight is 876 g/mol. The minimum atomic E-state index is -0.246. The van der Waals surface area contributed by atoms with Gasteiger partial charge in [-0.05, 0) is 154 Å². The summed E-state index contributed by atoms with van der Waals surface area (Å²) < 4.78 is 0. The Morgan fingerprint density at radius 1 is 0.537 bits per heavy atom. The van der Waals surface area contributed by atoms with Crippen molar-refractivity contribution in [3.8, 4) is 11.1 Å². The molecule has 6 bridgehead atoms. The van der Waals surface area contributed by atoms with Gasteiger partial charge >= 0.3 is 0 Å². The van der Waals surface area contributed by atoms with Crippen molar-refractivity contribution in [2.24, 2.45) is 0 Å². The van der Waals surface area contributed by atoms with E-state index in [0.29, 0.717) is 0 Å². The van der Waals surface area contributed by atoms with Crippen molar-refractivity contribution in [2.45, 2.75) is 136 Å². The van der Waals surface area contributed by atoms with Crippen LogP contribution in [0.2, 0.25) is 0 Å². The Balaban J connectivity index is 1.27. The van der Waals surface area contributed by atoms with Gasteiger partial charge in [-0.15, -0.1) is 0 Å². The fourth-order valence-corrected chi connectivity index (χ4v) is 13.9. The summed E-state index contributed by atoms with van der Waals surface area (Å²) in [6.07, 6.45) is 4.81. The van der Waals surface area contributed by atoms with Gasteiger partial charge < -0.3 is 14.7 Å². The second kappa shape index (κ2) is 14.0. The molecule has 0 spiro atoms. The lowest BCUT2D eigenvalue weighted by Crippen LogP contribution is -2.61. The highest BCUT2D eigenvalue weighted by Crippen LogP contribution is 2.64. The maximum Gasteiger partial charge on any atom is 0.252 e. The molecule has 0 aromatic heterocycles. The Labute approximate surface area is 401 Å². The van der Waals surface area contributed by atoms with Gasteiger partial charge in [0.1, 0.15) is 0 Å². The van der Waals surface area contributed by atoms with Crippen LogP contribution in [0.25, 0.3) is 11.1 Å². The summed E-state index contributed by atoms with van der Waals surface area (Å²) in [5.74, 6) is 0. The van der Waals surface area contributed by atoms with Crippen molar-refractivity contribution in [1.29, 1.82) is 0 Å². The monoisotopic (exact) mass is 876 g/mol. The lowest BCUT2D eigenvalue weighted by molar-refractivity contribution is 0.195. The number of fused-ring (bicyclic) bond motifs is 14. The van der Waals surface area contributed by atoms with Gasteiger partial charge in [-0.3, -0.25) is 0 Å². The Bertz CT molecular complexity index is 3220. The number of para-hydroxylation sites is 1. The summed E-state index contributed by atoms with van der Waals surface area (Å²) in [6, 6.07) is 52.6. The Kier molecular flexibility index (Phi) is 8.87. The highest BCUT2D eigenvalue weighted by atomic mass is 15.3. The molecule has 0 amide bonds. The summed E-state index contributed by atoms with van der Waals surface area (Å²) in [5.41, 5.74) is 26.2. The molecule has 7 aromatic carbocycles. The van der Waals surface area contributed by atoms with Crippen molar-refractivity contribution >= 4 is 68.6 Å². The maximum atomic E-state index is 2.89. The number of benzene rings is 7. The van der Waals surface area contributed by atoms with Gasteiger partial charge in [0.25, 0.3) is 6.71 Å². The second-order valence-corrected chi connectivity index (χ2v) is 23.8. The number of hydrogen-bond acceptors (Lipinski definition) is 3. The summed E-state index contributed by atoms with van der Waals surface area (Å²) in [5, 5.41) is 0. The largest absolute Gasteiger partial charge is 0.334 e. The SMILES string of the molecule is Cc1cc2c3c(C)c1C(C)(C)c1cccc(c1)N1c4cc(C(C)(C)C)ccc4B4c5ccccc5N(c5ccc(C(C)(C)C)cc5-c5ccccc5)c5cc(cc1c54)N3C1(C)CCCCC21C. The fraction of sp³-hybridized carbons (Fsp3) is 0.333. The molecule has 1 aliphatic carbocycles. The normalized spacial score (nSPS) is 20.7. The summed E-state index contributed by atoms with van der Waals surface area (Å²) in [6.45, 7) is 29.1. The van der Waals surface area contributed by atoms with Crippen LogP contribution < -0.4 is 31.1 Å². The molecule has 4 heterocycles. The van der Waals surface area contributed by atoms with Gasteiger partial charge in [0.15, 0.2) is 0 Å². The van der Waals surface area contributed by atoms with Gasteiger partial charge in [0.2, 0.25) is 0 Å². The van der Waals surface area contributed by atoms with Crippen molar-refractivity contribution in [1.82, 2.24) is 0 Å². The van der Waals surface area contributed by atoms with E-state index in [1.54, 1.807) is 0 Å². The number of rotatable bonds is 2. The molecule has 12 rings (SSSR count). The van der Waals surface area contributed by atoms with Crippen LogP contribution in [-0.2, 0) is 21.7 Å². The molecule has 5 aliphatic rings. The summed E-state index contributed by atoms with van der Waals surface area (Å²) in [4.78, 5) is 8.22. The highest BCUT2D eigenvalue weighted by molar-refractivity contribution is 7.00. The molecule has 0 N–H and O–H groups in total. The van der Waals surface area contributed by atoms with Crippen LogP contribution in [0.1, 0.15) is 134 Å². The molecular weight excluding hydrogens is 810 g/mol. The lowest BCUT2D eigenvalue weighted by Gasteiger charge is -2.51. The van der Waals surface area contributed by atoms with Crippen LogP contribution in [0.15, 0.2) is 133 Å². The molecule has 1 saturated carbocycles. The van der Waals surface area contributed by atoms with E-state index in [-0.39, 0.29) is 33.9 Å². The van der Waals surface area contributed by atoms with Crippen LogP contribution in [0.5, 0.6) is 0 Å². The Hall–Kier alpha value is -6.00. The molecule has 67 heavy (non-hydrogen) atoms. The molecule has 2 unspecified atom stereocenters. The van der Waals surface area contributed by atoms with Gasteiger partial charge in [-0.25, -0.2) is 0 Å². The third-order valence-corrected chi connectivity index (χ3v) is 17.6. The zero-order valence-electron chi connectivity index (χ0n) is 41.9. The molecule has 0 saturated heterocycles. The van der Waals surface area contributed by atoms with E-state index in [4.69, 9.17) is 0 Å². The molecule has 4 heteroatoms. The highest BCUT2D eigenvalue weighted by Gasteiger charge is 2.59. The van der Waals surface area contributed by atoms with E-state index < -0.39 is 0 Å². The fourth-order valence-electron chi connectivity index (χ4n) is 13.9. The van der Waals surface area contributed by atoms with Crippen molar-refractivity contribution in [3.63, 3.8) is 0 Å². The molecule has 7 aromatic rings. The van der Waals surface area contributed by atoms with Crippen molar-refractivity contribution in [2.75, 3.05) is 14.7 Å². The van der Waals surface area contributed by atoms with Crippen molar-refractivity contribution < 1.29 is 0 Å². The number of hydrogen-bond donors (Lipinski definition) is 0. The third-order valence-electron chi connectivity index (χ3n) is 17.6. The van der Waals surface area contributed by atoms with Gasteiger partial charge in [-0.2, -0.15) is 0 Å². The first-order valence-electron chi connectivity index (χ1n) is 25.1. The summed E-state index contributed by atoms with van der Waals surface area (Å²) in [7, 11) is 0. The molecule has 0 radical (unpaired) electrons. The molecule has 3 nitrogen and oxygen atoms in total. The van der Waals surface area contributed by atoms with Crippen LogP contribution in [0.4, 0.5) is 45.5 Å². The van der Waals surface area contributed by atoms with Crippen molar-refractivity contribution in [3.05, 3.63) is 172 Å². The van der Waals surface area contributed by atoms with E-state index in [9.17, 15) is 0 Å². The Morgan fingerprint density at radius 3 is 1.94 bits per heavy atom. The van der Waals surface area contributed by atoms with E-state index >= 15 is 0 Å². The predicted molar refractivity (Wildman–Crippen MR) is 288 cm³/mol. The maximum absolute atomic E-state index is 2.89. The van der Waals surface area contributed by atoms with E-state index in [1.165, 1.54) is 131 Å². The zero-order valence-corrected chi connectivity index (χ0v) is 41.9. The minimum Gasteiger partial charge on any atom is -0.334 e. The van der Waals surface area contributed by atoms with Crippen LogP contribution in [0.3, 0.4) is 0 Å². The quantitative estimate of drug-likeness (QED) is 0.160. The number of nitrogens with zero attached hydrogens (tertiary/aromatic N) is 3. The lowest BCUT2D eigenvalue weighted by atomic mass is 9.33. The first kappa shape index (κ1) is 42.4. The van der Waals surface area contributed by atoms with Crippen LogP contribution in [0, 0.1) is 13.8 Å². The molecule has 1 fully saturated rings. The molecular formula is C63H66BN3. The second-order valence-electron chi connectivity index (χ2n) is 23.8. The van der Waals surface area contributed by atoms with E-state index in [1.807, 2.05) is 0 Å². The summed E-state index contributed by atoms with van der Waals surface area (Å²) >= 11 is 0. The standard InChI is InChI=1S/C63H66BN3/c1-39-33-48-58-40(2)56(39)61(9,10)44-23-20-24-45(34-44)65-53-36-43(60(6,7)8)27-29-50(53)64-49-25-16-17-26-52(49)66(51-30-28-42(59(3,4)5)35-47(51)41-21-14-13-15-22-41)55-38-46(37-54(65)57(55)64)67(58)63(12)32-19-18-31-62(48,63)11/h13-17,20-30,33-38H,18-19,31-32H2,1-12H3. The zero-order chi connectivity index (χ0) is 46.7. The smallest absolute Gasteiger partial charge is 0.252 e. The number of aryl methyl sites for hydroxylation is 1. The first-order chi connectivity index (χ1) is 31.8. The van der Waals surface area contributed by atoms with E-state index in [2.05, 4.69) is 231 Å². The third kappa shape index (κ3) is 5.77. The minimum absolute atomic E-state index is 0.0173. The molecule has 336 valence electrons. The molecule has 4 aliphatic heterocycles.